The van der Waals surface area contributed by atoms with Crippen LogP contribution in [0.15, 0.2) is 50.3 Å². The van der Waals surface area contributed by atoms with Crippen LogP contribution >= 0.6 is 0 Å². The maximum Gasteiger partial charge on any atom is 0.367 e. The number of phenols is 1. The number of nitrogens with zero attached hydrogens (tertiary/aromatic N) is 3. The number of para-hydroxylation sites is 1. The second-order valence-corrected chi connectivity index (χ2v) is 11.2. The third-order valence-electron chi connectivity index (χ3n) is 4.92. The predicted molar refractivity (Wildman–Crippen MR) is 138 cm³/mol. The van der Waals surface area contributed by atoms with Gasteiger partial charge in [0.05, 0.1) is 11.3 Å². The van der Waals surface area contributed by atoms with E-state index in [4.69, 9.17) is 0 Å². The SMILES string of the molecule is CC(C)=C/C=C(\C)[C@@H](CC(C)(C)C)NC1=NS(=O)(=O)N=C1Nc1cccc(C(=O)N(C)C)c1O. The van der Waals surface area contributed by atoms with Crippen molar-refractivity contribution in [1.29, 1.82) is 0 Å². The summed E-state index contributed by atoms with van der Waals surface area (Å²) in [7, 11) is -0.947. The summed E-state index contributed by atoms with van der Waals surface area (Å²) in [5, 5.41) is 16.7. The first-order valence-corrected chi connectivity index (χ1v) is 12.3. The Kier molecular flexibility index (Phi) is 8.31. The molecule has 0 aromatic heterocycles. The molecule has 9 nitrogen and oxygen atoms in total. The van der Waals surface area contributed by atoms with E-state index in [9.17, 15) is 18.3 Å². The highest BCUT2D eigenvalue weighted by Crippen LogP contribution is 2.29. The fourth-order valence-electron chi connectivity index (χ4n) is 3.22. The van der Waals surface area contributed by atoms with Crippen LogP contribution < -0.4 is 10.6 Å². The lowest BCUT2D eigenvalue weighted by Gasteiger charge is -2.28. The number of allylic oxidation sites excluding steroid dienone is 3. The van der Waals surface area contributed by atoms with Gasteiger partial charge < -0.3 is 20.6 Å². The van der Waals surface area contributed by atoms with Gasteiger partial charge in [0.25, 0.3) is 5.91 Å². The monoisotopic (exact) mass is 489 g/mol. The second-order valence-electron chi connectivity index (χ2n) is 9.97. The summed E-state index contributed by atoms with van der Waals surface area (Å²) < 4.78 is 32.0. The number of carbonyl (C=O) groups excluding carboxylic acids is 1. The van der Waals surface area contributed by atoms with E-state index in [-0.39, 0.29) is 46.0 Å². The molecule has 1 aromatic carbocycles. The summed E-state index contributed by atoms with van der Waals surface area (Å²) in [5.74, 6) is -0.709. The Hall–Kier alpha value is -3.14. The van der Waals surface area contributed by atoms with Gasteiger partial charge in [-0.2, -0.15) is 8.42 Å². The van der Waals surface area contributed by atoms with Crippen LogP contribution in [-0.4, -0.2) is 56.1 Å². The summed E-state index contributed by atoms with van der Waals surface area (Å²) in [5.41, 5.74) is 2.31. The number of anilines is 1. The van der Waals surface area contributed by atoms with Crippen molar-refractivity contribution in [3.63, 3.8) is 0 Å². The van der Waals surface area contributed by atoms with Crippen LogP contribution in [0, 0.1) is 5.41 Å². The number of aromatic hydroxyl groups is 1. The van der Waals surface area contributed by atoms with Crippen molar-refractivity contribution in [1.82, 2.24) is 10.2 Å². The van der Waals surface area contributed by atoms with Gasteiger partial charge in [0.15, 0.2) is 17.4 Å². The number of carbonyl (C=O) groups is 1. The van der Waals surface area contributed by atoms with Crippen LogP contribution in [0.4, 0.5) is 5.69 Å². The molecule has 0 fully saturated rings. The number of amidine groups is 2. The molecule has 0 bridgehead atoms. The summed E-state index contributed by atoms with van der Waals surface area (Å²) in [6, 6.07) is 4.38. The smallest absolute Gasteiger partial charge is 0.367 e. The van der Waals surface area contributed by atoms with Crippen molar-refractivity contribution >= 4 is 33.5 Å². The molecule has 1 atom stereocenters. The van der Waals surface area contributed by atoms with Crippen LogP contribution in [0.1, 0.15) is 58.3 Å². The minimum absolute atomic E-state index is 0.0444. The largest absolute Gasteiger partial charge is 0.505 e. The fourth-order valence-corrected chi connectivity index (χ4v) is 3.99. The van der Waals surface area contributed by atoms with E-state index in [0.717, 1.165) is 11.1 Å². The van der Waals surface area contributed by atoms with Crippen molar-refractivity contribution in [3.8, 4) is 5.75 Å². The minimum atomic E-state index is -4.10. The van der Waals surface area contributed by atoms with E-state index >= 15 is 0 Å². The number of rotatable bonds is 6. The normalized spacial score (nSPS) is 16.3. The molecule has 10 heteroatoms. The first-order chi connectivity index (χ1) is 15.6. The first-order valence-electron chi connectivity index (χ1n) is 10.9. The molecule has 1 amide bonds. The molecule has 3 N–H and O–H groups in total. The maximum absolute atomic E-state index is 12.3. The summed E-state index contributed by atoms with van der Waals surface area (Å²) >= 11 is 0. The number of amides is 1. The lowest BCUT2D eigenvalue weighted by Crippen LogP contribution is -2.43. The zero-order valence-electron chi connectivity index (χ0n) is 21.1. The number of nitrogens with one attached hydrogen (secondary N) is 2. The van der Waals surface area contributed by atoms with Gasteiger partial charge in [0.1, 0.15) is 0 Å². The van der Waals surface area contributed by atoms with Crippen molar-refractivity contribution < 1.29 is 18.3 Å². The van der Waals surface area contributed by atoms with Gasteiger partial charge in [-0.25, -0.2) is 0 Å². The zero-order chi connectivity index (χ0) is 25.8. The Balaban J connectivity index is 2.41. The molecule has 1 heterocycles. The van der Waals surface area contributed by atoms with Gasteiger partial charge in [0.2, 0.25) is 0 Å². The number of hydrogen-bond acceptors (Lipinski definition) is 6. The van der Waals surface area contributed by atoms with Crippen LogP contribution in [-0.2, 0) is 10.2 Å². The fraction of sp³-hybridized carbons (Fsp3) is 0.458. The Labute approximate surface area is 202 Å². The molecule has 34 heavy (non-hydrogen) atoms. The van der Waals surface area contributed by atoms with Crippen molar-refractivity contribution in [3.05, 3.63) is 47.1 Å². The molecule has 0 saturated carbocycles. The average molecular weight is 490 g/mol. The van der Waals surface area contributed by atoms with Crippen molar-refractivity contribution in [2.24, 2.45) is 14.2 Å². The summed E-state index contributed by atoms with van der Waals surface area (Å²) in [6.45, 7) is 12.3. The van der Waals surface area contributed by atoms with Gasteiger partial charge in [-0.15, -0.1) is 8.80 Å². The molecular formula is C24H35N5O4S. The van der Waals surface area contributed by atoms with Gasteiger partial charge in [-0.1, -0.05) is 50.1 Å². The predicted octanol–water partition coefficient (Wildman–Crippen LogP) is 3.87. The number of hydrogen-bond donors (Lipinski definition) is 3. The zero-order valence-corrected chi connectivity index (χ0v) is 21.9. The molecule has 1 aromatic rings. The Morgan fingerprint density at radius 1 is 1.12 bits per heavy atom. The number of benzene rings is 1. The highest BCUT2D eigenvalue weighted by Gasteiger charge is 2.29. The third kappa shape index (κ3) is 7.44. The summed E-state index contributed by atoms with van der Waals surface area (Å²) in [4.78, 5) is 13.7. The van der Waals surface area contributed by atoms with E-state index in [1.54, 1.807) is 20.2 Å². The van der Waals surface area contributed by atoms with Gasteiger partial charge in [-0.05, 0) is 44.7 Å². The Bertz CT molecular complexity index is 1170. The third-order valence-corrected chi connectivity index (χ3v) is 5.75. The van der Waals surface area contributed by atoms with E-state index in [2.05, 4.69) is 40.2 Å². The molecule has 0 unspecified atom stereocenters. The minimum Gasteiger partial charge on any atom is -0.505 e. The first kappa shape index (κ1) is 27.1. The molecule has 186 valence electrons. The quantitative estimate of drug-likeness (QED) is 0.412. The Morgan fingerprint density at radius 2 is 1.74 bits per heavy atom. The van der Waals surface area contributed by atoms with E-state index in [0.29, 0.717) is 6.42 Å². The molecule has 0 spiro atoms. The molecule has 1 aliphatic rings. The molecule has 0 aliphatic carbocycles. The lowest BCUT2D eigenvalue weighted by atomic mass is 9.85. The Morgan fingerprint density at radius 3 is 2.29 bits per heavy atom. The van der Waals surface area contributed by atoms with Crippen molar-refractivity contribution in [2.45, 2.75) is 54.0 Å². The van der Waals surface area contributed by atoms with Gasteiger partial charge >= 0.3 is 10.2 Å². The lowest BCUT2D eigenvalue weighted by molar-refractivity contribution is 0.0824. The van der Waals surface area contributed by atoms with Gasteiger partial charge in [0, 0.05) is 20.1 Å². The maximum atomic E-state index is 12.3. The molecule has 2 rings (SSSR count). The molecule has 0 radical (unpaired) electrons. The van der Waals surface area contributed by atoms with E-state index < -0.39 is 10.2 Å². The standard InChI is InChI=1S/C24H35N5O4S/c1-15(2)12-13-16(3)19(14-24(4,5)6)26-22-21(27-34(32,33)28-22)25-18-11-9-10-17(20(18)30)23(31)29(7)8/h9-13,19,30H,14H2,1-8H3,(H,25,27)(H,26,28)/b16-13+/t19-/m1/s1. The topological polar surface area (TPSA) is 123 Å². The highest BCUT2D eigenvalue weighted by atomic mass is 32.2. The molecule has 0 saturated heterocycles. The van der Waals surface area contributed by atoms with Crippen LogP contribution in [0.25, 0.3) is 0 Å². The van der Waals surface area contributed by atoms with Gasteiger partial charge in [-0.3, -0.25) is 4.79 Å². The molecular weight excluding hydrogens is 454 g/mol. The number of phenolic OH excluding ortho intramolecular Hbond substituents is 1. The average Bonchev–Trinajstić information content (AvgIpc) is 2.98. The second kappa shape index (κ2) is 10.4. The highest BCUT2D eigenvalue weighted by molar-refractivity contribution is 7.89. The van der Waals surface area contributed by atoms with E-state index in [1.807, 2.05) is 32.9 Å². The van der Waals surface area contributed by atoms with E-state index in [1.165, 1.54) is 17.0 Å². The van der Waals surface area contributed by atoms with Crippen LogP contribution in [0.5, 0.6) is 5.75 Å². The van der Waals surface area contributed by atoms with Crippen LogP contribution in [0.3, 0.4) is 0 Å². The van der Waals surface area contributed by atoms with Crippen molar-refractivity contribution in [2.75, 3.05) is 19.4 Å². The summed E-state index contributed by atoms with van der Waals surface area (Å²) in [6.07, 6.45) is 4.70. The van der Waals surface area contributed by atoms with Crippen LogP contribution in [0.2, 0.25) is 0 Å². The molecule has 1 aliphatic heterocycles.